The minimum Gasteiger partial charge on any atom is -0.480 e. The number of rotatable bonds is 16. The first-order valence-corrected chi connectivity index (χ1v) is 21.2. The summed E-state index contributed by atoms with van der Waals surface area (Å²) in [6, 6.07) is 12.8. The Morgan fingerprint density at radius 1 is 1.00 bits per heavy atom. The Labute approximate surface area is 308 Å². The number of ether oxygens (including phenoxy) is 1. The number of amides is 1. The summed E-state index contributed by atoms with van der Waals surface area (Å²) in [6.45, 7) is 13.7. The van der Waals surface area contributed by atoms with Gasteiger partial charge in [0.25, 0.3) is 5.91 Å². The third-order valence-corrected chi connectivity index (χ3v) is 10.7. The Kier molecular flexibility index (Phi) is 29.2. The fourth-order valence-corrected chi connectivity index (χ4v) is 6.58. The zero-order chi connectivity index (χ0) is 36.2. The van der Waals surface area contributed by atoms with E-state index in [0.717, 1.165) is 52.9 Å². The highest BCUT2D eigenvalue weighted by Gasteiger charge is 2.22. The van der Waals surface area contributed by atoms with Gasteiger partial charge in [0.15, 0.2) is 0 Å². The average Bonchev–Trinajstić information content (AvgIpc) is 3.11. The van der Waals surface area contributed by atoms with Crippen LogP contribution in [0.15, 0.2) is 42.5 Å². The van der Waals surface area contributed by atoms with Gasteiger partial charge < -0.3 is 15.2 Å². The van der Waals surface area contributed by atoms with Gasteiger partial charge in [-0.15, -0.1) is 0 Å². The summed E-state index contributed by atoms with van der Waals surface area (Å²) in [6.07, 6.45) is 14.4. The molecule has 1 fully saturated rings. The number of hydrogen-bond donors (Lipinski definition) is 3. The third-order valence-electron chi connectivity index (χ3n) is 8.18. The number of carbonyl (C=O) groups excluding carboxylic acids is 1. The first-order valence-electron chi connectivity index (χ1n) is 18.0. The van der Waals surface area contributed by atoms with Gasteiger partial charge in [-0.1, -0.05) is 96.7 Å². The van der Waals surface area contributed by atoms with Gasteiger partial charge in [0.1, 0.15) is 6.04 Å². The second kappa shape index (κ2) is 30.2. The topological polar surface area (TPSA) is 75.6 Å². The Morgan fingerprint density at radius 3 is 2.17 bits per heavy atom. The van der Waals surface area contributed by atoms with Crippen LogP contribution in [0.3, 0.4) is 0 Å². The maximum atomic E-state index is 12.8. The van der Waals surface area contributed by atoms with Crippen molar-refractivity contribution in [2.24, 2.45) is 11.8 Å². The molecule has 2 unspecified atom stereocenters. The second-order valence-electron chi connectivity index (χ2n) is 12.5. The maximum Gasteiger partial charge on any atom is 0.326 e. The SMILES string of the molecule is CCC(C)COC.CCCS.CCCSCC1CCCCC1.CCc1ccc(C(=O)NC(CCSC)C(=O)O)c(-c2ccccc2C)c1. The van der Waals surface area contributed by atoms with Crippen LogP contribution in [0.5, 0.6) is 0 Å². The van der Waals surface area contributed by atoms with Crippen LogP contribution in [0.1, 0.15) is 114 Å². The number of nitrogens with one attached hydrogen (secondary N) is 1. The fraction of sp³-hybridized carbons (Fsp3) is 0.650. The average molecular weight is 722 g/mol. The number of carbonyl (C=O) groups is 2. The number of aliphatic carboxylic acids is 1. The molecule has 1 aliphatic rings. The monoisotopic (exact) mass is 721 g/mol. The van der Waals surface area contributed by atoms with E-state index in [0.29, 0.717) is 17.7 Å². The van der Waals surface area contributed by atoms with Gasteiger partial charge in [0.05, 0.1) is 0 Å². The van der Waals surface area contributed by atoms with Crippen LogP contribution in [0.4, 0.5) is 0 Å². The molecule has 0 saturated heterocycles. The summed E-state index contributed by atoms with van der Waals surface area (Å²) >= 11 is 7.64. The summed E-state index contributed by atoms with van der Waals surface area (Å²) in [5.74, 6) is 4.95. The van der Waals surface area contributed by atoms with Gasteiger partial charge in [-0.3, -0.25) is 4.79 Å². The van der Waals surface area contributed by atoms with E-state index in [2.05, 4.69) is 64.3 Å². The molecule has 2 atom stereocenters. The van der Waals surface area contributed by atoms with Crippen LogP contribution in [0.2, 0.25) is 0 Å². The number of hydrogen-bond acceptors (Lipinski definition) is 6. The highest BCUT2D eigenvalue weighted by atomic mass is 32.2. The van der Waals surface area contributed by atoms with E-state index in [9.17, 15) is 14.7 Å². The lowest BCUT2D eigenvalue weighted by molar-refractivity contribution is -0.139. The van der Waals surface area contributed by atoms with E-state index < -0.39 is 12.0 Å². The minimum atomic E-state index is -1.00. The quantitative estimate of drug-likeness (QED) is 0.118. The summed E-state index contributed by atoms with van der Waals surface area (Å²) in [7, 11) is 1.74. The van der Waals surface area contributed by atoms with Gasteiger partial charge in [0, 0.05) is 19.3 Å². The molecule has 2 aromatic carbocycles. The van der Waals surface area contributed by atoms with E-state index in [1.54, 1.807) is 24.9 Å². The van der Waals surface area contributed by atoms with Crippen molar-refractivity contribution in [3.8, 4) is 11.1 Å². The first kappa shape index (κ1) is 46.4. The summed E-state index contributed by atoms with van der Waals surface area (Å²) in [5.41, 5.74) is 4.55. The molecule has 3 rings (SSSR count). The van der Waals surface area contributed by atoms with Gasteiger partial charge >= 0.3 is 5.97 Å². The highest BCUT2D eigenvalue weighted by molar-refractivity contribution is 7.99. The van der Waals surface area contributed by atoms with Crippen LogP contribution in [0, 0.1) is 18.8 Å². The summed E-state index contributed by atoms with van der Waals surface area (Å²) < 4.78 is 4.89. The normalized spacial score (nSPS) is 13.8. The fourth-order valence-electron chi connectivity index (χ4n) is 4.99. The molecule has 0 heterocycles. The van der Waals surface area contributed by atoms with Crippen molar-refractivity contribution in [2.75, 3.05) is 43.0 Å². The Hall–Kier alpha value is -1.61. The van der Waals surface area contributed by atoms with E-state index in [1.165, 1.54) is 62.9 Å². The lowest BCUT2D eigenvalue weighted by Crippen LogP contribution is -2.41. The lowest BCUT2D eigenvalue weighted by atomic mass is 9.91. The second-order valence-corrected chi connectivity index (χ2v) is 15.0. The van der Waals surface area contributed by atoms with Gasteiger partial charge in [-0.2, -0.15) is 36.2 Å². The molecule has 0 spiro atoms. The van der Waals surface area contributed by atoms with Crippen molar-refractivity contribution in [3.05, 3.63) is 59.2 Å². The Bertz CT molecular complexity index is 1110. The van der Waals surface area contributed by atoms with Crippen LogP contribution in [-0.2, 0) is 16.0 Å². The maximum absolute atomic E-state index is 12.8. The van der Waals surface area contributed by atoms with Crippen LogP contribution < -0.4 is 5.32 Å². The molecule has 2 N–H and O–H groups in total. The number of carboxylic acids is 1. The van der Waals surface area contributed by atoms with Crippen LogP contribution >= 0.6 is 36.2 Å². The largest absolute Gasteiger partial charge is 0.480 e. The first-order chi connectivity index (χ1) is 23.1. The van der Waals surface area contributed by atoms with Crippen molar-refractivity contribution >= 4 is 48.0 Å². The predicted molar refractivity (Wildman–Crippen MR) is 218 cm³/mol. The van der Waals surface area contributed by atoms with Crippen molar-refractivity contribution in [1.29, 1.82) is 0 Å². The highest BCUT2D eigenvalue weighted by Crippen LogP contribution is 2.29. The predicted octanol–water partition coefficient (Wildman–Crippen LogP) is 10.9. The van der Waals surface area contributed by atoms with E-state index in [-0.39, 0.29) is 5.91 Å². The molecule has 1 amide bonds. The molecule has 0 bridgehead atoms. The van der Waals surface area contributed by atoms with Crippen LogP contribution in [0.25, 0.3) is 11.1 Å². The van der Waals surface area contributed by atoms with Gasteiger partial charge in [0.2, 0.25) is 0 Å². The van der Waals surface area contributed by atoms with E-state index >= 15 is 0 Å². The molecule has 2 aromatic rings. The molecule has 5 nitrogen and oxygen atoms in total. The van der Waals surface area contributed by atoms with Crippen molar-refractivity contribution < 1.29 is 19.4 Å². The zero-order valence-electron chi connectivity index (χ0n) is 31.3. The van der Waals surface area contributed by atoms with Crippen molar-refractivity contribution in [3.63, 3.8) is 0 Å². The molecule has 1 saturated carbocycles. The van der Waals surface area contributed by atoms with Crippen molar-refractivity contribution in [1.82, 2.24) is 5.32 Å². The molecule has 8 heteroatoms. The molecular formula is C40H67NO4S3. The van der Waals surface area contributed by atoms with E-state index in [1.807, 2.05) is 49.6 Å². The molecule has 48 heavy (non-hydrogen) atoms. The smallest absolute Gasteiger partial charge is 0.326 e. The third kappa shape index (κ3) is 20.8. The van der Waals surface area contributed by atoms with Gasteiger partial charge in [-0.25, -0.2) is 4.79 Å². The molecule has 0 aromatic heterocycles. The summed E-state index contributed by atoms with van der Waals surface area (Å²) in [5, 5.41) is 12.1. The minimum absolute atomic E-state index is 0.348. The number of thioether (sulfide) groups is 2. The molecule has 0 radical (unpaired) electrons. The Balaban J connectivity index is 0.000000817. The number of benzene rings is 2. The number of methoxy groups -OCH3 is 1. The van der Waals surface area contributed by atoms with Crippen molar-refractivity contribution in [2.45, 2.75) is 112 Å². The Morgan fingerprint density at radius 2 is 1.67 bits per heavy atom. The molecule has 274 valence electrons. The summed E-state index contributed by atoms with van der Waals surface area (Å²) in [4.78, 5) is 24.3. The van der Waals surface area contributed by atoms with Gasteiger partial charge in [-0.05, 0) is 115 Å². The lowest BCUT2D eigenvalue weighted by Gasteiger charge is -2.20. The van der Waals surface area contributed by atoms with Crippen LogP contribution in [-0.4, -0.2) is 66.0 Å². The standard InChI is InChI=1S/C21H25NO3S.C10H20S.C6H14O.C3H8S/c1-4-15-9-10-17(18(13-15)16-8-6-5-7-14(16)2)20(23)22-19(21(24)25)11-12-26-3;1-2-8-11-9-10-6-4-3-5-7-10;1-4-6(2)5-7-3;1-2-3-4/h5-10,13,19H,4,11-12H2,1-3H3,(H,22,23)(H,24,25);10H,2-9H2,1H3;6H,4-5H2,1-3H3;4H,2-3H2,1H3. The molecular weight excluding hydrogens is 655 g/mol. The number of carboxylic acid groups (broad SMARTS) is 1. The van der Waals surface area contributed by atoms with E-state index in [4.69, 9.17) is 4.74 Å². The number of aryl methyl sites for hydroxylation is 2. The molecule has 1 aliphatic carbocycles. The number of thiol groups is 1. The zero-order valence-corrected chi connectivity index (χ0v) is 33.8. The molecule has 0 aliphatic heterocycles.